The molecule has 0 fully saturated rings. The highest BCUT2D eigenvalue weighted by Gasteiger charge is 2.17. The minimum Gasteiger partial charge on any atom is -0.497 e. The number of methoxy groups -OCH3 is 1. The Bertz CT molecular complexity index is 842. The molecular weight excluding hydrogens is 334 g/mol. The molecule has 0 aliphatic carbocycles. The van der Waals surface area contributed by atoms with E-state index in [0.29, 0.717) is 28.3 Å². The zero-order valence-electron chi connectivity index (χ0n) is 15.5. The first kappa shape index (κ1) is 19.3. The molecule has 26 heavy (non-hydrogen) atoms. The van der Waals surface area contributed by atoms with Crippen LogP contribution >= 0.6 is 0 Å². The normalized spacial score (nSPS) is 10.5. The molecule has 0 radical (unpaired) electrons. The highest BCUT2D eigenvalue weighted by Crippen LogP contribution is 2.28. The standard InChI is InChI=1S/C20H23NO5/c1-11(2)26-18-9-14(25-5)6-7-15(18)19(22)21-17-10-16(20(23)24)12(3)8-13(17)4/h6-11H,1-5H3,(H,21,22)(H,23,24). The zero-order valence-corrected chi connectivity index (χ0v) is 15.5. The maximum absolute atomic E-state index is 12.8. The minimum atomic E-state index is -1.04. The summed E-state index contributed by atoms with van der Waals surface area (Å²) in [4.78, 5) is 24.1. The largest absolute Gasteiger partial charge is 0.497 e. The van der Waals surface area contributed by atoms with E-state index in [1.165, 1.54) is 13.2 Å². The van der Waals surface area contributed by atoms with Gasteiger partial charge in [0.05, 0.1) is 24.3 Å². The first-order valence-corrected chi connectivity index (χ1v) is 8.23. The molecule has 6 nitrogen and oxygen atoms in total. The number of carbonyl (C=O) groups excluding carboxylic acids is 1. The van der Waals surface area contributed by atoms with Crippen LogP contribution in [-0.2, 0) is 0 Å². The smallest absolute Gasteiger partial charge is 0.336 e. The number of benzene rings is 2. The summed E-state index contributed by atoms with van der Waals surface area (Å²) in [7, 11) is 1.54. The second kappa shape index (κ2) is 7.91. The Morgan fingerprint density at radius 2 is 1.73 bits per heavy atom. The molecule has 0 unspecified atom stereocenters. The monoisotopic (exact) mass is 357 g/mol. The van der Waals surface area contributed by atoms with Crippen LogP contribution in [0.4, 0.5) is 5.69 Å². The number of carbonyl (C=O) groups is 2. The maximum Gasteiger partial charge on any atom is 0.336 e. The molecule has 2 aromatic rings. The fourth-order valence-electron chi connectivity index (χ4n) is 2.58. The van der Waals surface area contributed by atoms with E-state index in [4.69, 9.17) is 9.47 Å². The third kappa shape index (κ3) is 4.33. The van der Waals surface area contributed by atoms with Gasteiger partial charge in [0.15, 0.2) is 0 Å². The fraction of sp³-hybridized carbons (Fsp3) is 0.300. The van der Waals surface area contributed by atoms with Crippen molar-refractivity contribution in [2.75, 3.05) is 12.4 Å². The summed E-state index contributed by atoms with van der Waals surface area (Å²) in [6.07, 6.45) is -0.117. The van der Waals surface area contributed by atoms with Crippen LogP contribution in [0, 0.1) is 13.8 Å². The van der Waals surface area contributed by atoms with Crippen LogP contribution in [0.2, 0.25) is 0 Å². The van der Waals surface area contributed by atoms with E-state index in [1.54, 1.807) is 31.2 Å². The zero-order chi connectivity index (χ0) is 19.4. The van der Waals surface area contributed by atoms with Crippen molar-refractivity contribution in [1.29, 1.82) is 0 Å². The van der Waals surface area contributed by atoms with E-state index >= 15 is 0 Å². The van der Waals surface area contributed by atoms with Crippen molar-refractivity contribution in [3.05, 3.63) is 52.6 Å². The molecule has 0 bridgehead atoms. The molecule has 1 amide bonds. The van der Waals surface area contributed by atoms with Gasteiger partial charge in [0.2, 0.25) is 0 Å². The number of aryl methyl sites for hydroxylation is 2. The van der Waals surface area contributed by atoms with Gasteiger partial charge in [-0.05, 0) is 57.0 Å². The number of ether oxygens (including phenoxy) is 2. The number of carboxylic acid groups (broad SMARTS) is 1. The number of anilines is 1. The maximum atomic E-state index is 12.8. The van der Waals surface area contributed by atoms with Gasteiger partial charge in [-0.3, -0.25) is 4.79 Å². The lowest BCUT2D eigenvalue weighted by atomic mass is 10.0. The molecule has 0 heterocycles. The summed E-state index contributed by atoms with van der Waals surface area (Å²) >= 11 is 0. The van der Waals surface area contributed by atoms with E-state index in [9.17, 15) is 14.7 Å². The van der Waals surface area contributed by atoms with Crippen molar-refractivity contribution in [3.63, 3.8) is 0 Å². The molecule has 0 atom stereocenters. The van der Waals surface area contributed by atoms with Gasteiger partial charge in [-0.2, -0.15) is 0 Å². The molecular formula is C20H23NO5. The van der Waals surface area contributed by atoms with Gasteiger partial charge >= 0.3 is 5.97 Å². The Hall–Kier alpha value is -3.02. The van der Waals surface area contributed by atoms with Crippen LogP contribution in [0.5, 0.6) is 11.5 Å². The number of nitrogens with one attached hydrogen (secondary N) is 1. The quantitative estimate of drug-likeness (QED) is 0.815. The summed E-state index contributed by atoms with van der Waals surface area (Å²) in [5.74, 6) is -0.435. The Morgan fingerprint density at radius 3 is 2.31 bits per heavy atom. The molecule has 0 aliphatic rings. The molecule has 0 saturated heterocycles. The molecule has 0 saturated carbocycles. The summed E-state index contributed by atoms with van der Waals surface area (Å²) in [6.45, 7) is 7.27. The van der Waals surface area contributed by atoms with Crippen LogP contribution < -0.4 is 14.8 Å². The van der Waals surface area contributed by atoms with Gasteiger partial charge in [-0.1, -0.05) is 6.07 Å². The van der Waals surface area contributed by atoms with E-state index in [1.807, 2.05) is 20.8 Å². The van der Waals surface area contributed by atoms with Gasteiger partial charge in [0, 0.05) is 11.8 Å². The summed E-state index contributed by atoms with van der Waals surface area (Å²) in [5, 5.41) is 12.1. The third-order valence-corrected chi connectivity index (χ3v) is 3.85. The lowest BCUT2D eigenvalue weighted by Crippen LogP contribution is -2.17. The number of carboxylic acids is 1. The van der Waals surface area contributed by atoms with Crippen molar-refractivity contribution in [2.24, 2.45) is 0 Å². The predicted molar refractivity (Wildman–Crippen MR) is 99.6 cm³/mol. The number of aromatic carboxylic acids is 1. The fourth-order valence-corrected chi connectivity index (χ4v) is 2.58. The molecule has 0 spiro atoms. The highest BCUT2D eigenvalue weighted by atomic mass is 16.5. The lowest BCUT2D eigenvalue weighted by Gasteiger charge is -2.16. The molecule has 0 aliphatic heterocycles. The Kier molecular flexibility index (Phi) is 5.87. The highest BCUT2D eigenvalue weighted by molar-refractivity contribution is 6.07. The molecule has 6 heteroatoms. The Balaban J connectivity index is 2.39. The Morgan fingerprint density at radius 1 is 1.04 bits per heavy atom. The molecule has 2 rings (SSSR count). The lowest BCUT2D eigenvalue weighted by molar-refractivity contribution is 0.0695. The number of amides is 1. The van der Waals surface area contributed by atoms with Crippen LogP contribution in [0.15, 0.2) is 30.3 Å². The first-order valence-electron chi connectivity index (χ1n) is 8.23. The van der Waals surface area contributed by atoms with E-state index in [-0.39, 0.29) is 17.6 Å². The van der Waals surface area contributed by atoms with Crippen molar-refractivity contribution in [1.82, 2.24) is 0 Å². The second-order valence-corrected chi connectivity index (χ2v) is 6.27. The summed E-state index contributed by atoms with van der Waals surface area (Å²) < 4.78 is 10.9. The van der Waals surface area contributed by atoms with E-state index in [0.717, 1.165) is 5.56 Å². The van der Waals surface area contributed by atoms with Gasteiger partial charge in [0.1, 0.15) is 11.5 Å². The average Bonchev–Trinajstić information content (AvgIpc) is 2.56. The third-order valence-electron chi connectivity index (χ3n) is 3.85. The first-order chi connectivity index (χ1) is 12.2. The second-order valence-electron chi connectivity index (χ2n) is 6.27. The van der Waals surface area contributed by atoms with Gasteiger partial charge in [-0.25, -0.2) is 4.79 Å². The van der Waals surface area contributed by atoms with Crippen LogP contribution in [0.3, 0.4) is 0 Å². The van der Waals surface area contributed by atoms with Crippen LogP contribution in [-0.4, -0.2) is 30.2 Å². The predicted octanol–water partition coefficient (Wildman–Crippen LogP) is 4.05. The van der Waals surface area contributed by atoms with Crippen molar-refractivity contribution in [2.45, 2.75) is 33.8 Å². The average molecular weight is 357 g/mol. The molecule has 0 aromatic heterocycles. The van der Waals surface area contributed by atoms with Gasteiger partial charge < -0.3 is 19.9 Å². The molecule has 2 N–H and O–H groups in total. The molecule has 138 valence electrons. The summed E-state index contributed by atoms with van der Waals surface area (Å²) in [6, 6.07) is 8.15. The summed E-state index contributed by atoms with van der Waals surface area (Å²) in [5.41, 5.74) is 2.36. The van der Waals surface area contributed by atoms with E-state index in [2.05, 4.69) is 5.32 Å². The number of rotatable bonds is 6. The Labute approximate surface area is 152 Å². The SMILES string of the molecule is COc1ccc(C(=O)Nc2cc(C(=O)O)c(C)cc2C)c(OC(C)C)c1. The minimum absolute atomic E-state index is 0.117. The topological polar surface area (TPSA) is 84.9 Å². The number of hydrogen-bond acceptors (Lipinski definition) is 4. The van der Waals surface area contributed by atoms with Crippen LogP contribution in [0.1, 0.15) is 45.7 Å². The number of hydrogen-bond donors (Lipinski definition) is 2. The van der Waals surface area contributed by atoms with Crippen molar-refractivity contribution >= 4 is 17.6 Å². The van der Waals surface area contributed by atoms with Gasteiger partial charge in [0.25, 0.3) is 5.91 Å². The van der Waals surface area contributed by atoms with E-state index < -0.39 is 5.97 Å². The van der Waals surface area contributed by atoms with Gasteiger partial charge in [-0.15, -0.1) is 0 Å². The van der Waals surface area contributed by atoms with Crippen LogP contribution in [0.25, 0.3) is 0 Å². The molecule has 2 aromatic carbocycles. The van der Waals surface area contributed by atoms with Crippen molar-refractivity contribution < 1.29 is 24.2 Å². The van der Waals surface area contributed by atoms with Crippen molar-refractivity contribution in [3.8, 4) is 11.5 Å².